The van der Waals surface area contributed by atoms with E-state index in [-0.39, 0.29) is 35.5 Å². The smallest absolute Gasteiger partial charge is 0.307 e. The molecule has 22 heavy (non-hydrogen) atoms. The number of carboxylic acid groups (broad SMARTS) is 2. The van der Waals surface area contributed by atoms with Crippen molar-refractivity contribution in [1.82, 2.24) is 0 Å². The Labute approximate surface area is 125 Å². The number of phenols is 2. The van der Waals surface area contributed by atoms with Crippen LogP contribution in [0.4, 0.5) is 0 Å². The molecule has 2 aromatic rings. The van der Waals surface area contributed by atoms with E-state index in [1.165, 1.54) is 36.4 Å². The van der Waals surface area contributed by atoms with Crippen LogP contribution >= 0.6 is 0 Å². The summed E-state index contributed by atoms with van der Waals surface area (Å²) in [6, 6.07) is 8.57. The van der Waals surface area contributed by atoms with Gasteiger partial charge < -0.3 is 20.4 Å². The van der Waals surface area contributed by atoms with E-state index in [1.807, 2.05) is 0 Å². The van der Waals surface area contributed by atoms with E-state index in [2.05, 4.69) is 0 Å². The first kappa shape index (κ1) is 15.4. The number of carboxylic acids is 2. The third kappa shape index (κ3) is 3.54. The van der Waals surface area contributed by atoms with Crippen molar-refractivity contribution in [2.75, 3.05) is 0 Å². The molecule has 0 radical (unpaired) electrons. The number of rotatable bonds is 5. The normalized spacial score (nSPS) is 10.4. The Morgan fingerprint density at radius 3 is 1.41 bits per heavy atom. The van der Waals surface area contributed by atoms with Crippen LogP contribution in [0.15, 0.2) is 36.4 Å². The highest BCUT2D eigenvalue weighted by Crippen LogP contribution is 2.36. The van der Waals surface area contributed by atoms with Gasteiger partial charge in [0.2, 0.25) is 0 Å². The lowest BCUT2D eigenvalue weighted by Crippen LogP contribution is -2.01. The molecule has 0 saturated carbocycles. The van der Waals surface area contributed by atoms with Gasteiger partial charge in [-0.15, -0.1) is 0 Å². The monoisotopic (exact) mass is 302 g/mol. The van der Waals surface area contributed by atoms with Crippen molar-refractivity contribution < 1.29 is 30.0 Å². The van der Waals surface area contributed by atoms with Gasteiger partial charge in [0, 0.05) is 11.1 Å². The van der Waals surface area contributed by atoms with Crippen molar-refractivity contribution in [2.45, 2.75) is 12.8 Å². The number of aliphatic carboxylic acids is 2. The van der Waals surface area contributed by atoms with Crippen LogP contribution in [-0.2, 0) is 22.4 Å². The number of benzene rings is 2. The van der Waals surface area contributed by atoms with Gasteiger partial charge in [-0.05, 0) is 35.4 Å². The van der Waals surface area contributed by atoms with Gasteiger partial charge in [0.1, 0.15) is 11.5 Å². The molecule has 0 saturated heterocycles. The standard InChI is InChI=1S/C16H14O6/c17-13-3-1-9(7-15(19)20)5-11(13)12-6-10(8-16(21)22)2-4-14(12)18/h1-6,17-18H,7-8H2,(H,19,20)(H,21,22). The quantitative estimate of drug-likeness (QED) is 0.671. The number of hydrogen-bond donors (Lipinski definition) is 4. The Hall–Kier alpha value is -3.02. The number of carbonyl (C=O) groups is 2. The second kappa shape index (κ2) is 6.17. The second-order valence-corrected chi connectivity index (χ2v) is 4.84. The lowest BCUT2D eigenvalue weighted by molar-refractivity contribution is -0.137. The van der Waals surface area contributed by atoms with Crippen LogP contribution in [0.2, 0.25) is 0 Å². The van der Waals surface area contributed by atoms with Crippen LogP contribution in [0.5, 0.6) is 11.5 Å². The van der Waals surface area contributed by atoms with Crippen LogP contribution in [0.1, 0.15) is 11.1 Å². The molecule has 0 bridgehead atoms. The summed E-state index contributed by atoms with van der Waals surface area (Å²) in [7, 11) is 0. The van der Waals surface area contributed by atoms with E-state index in [1.54, 1.807) is 0 Å². The summed E-state index contributed by atoms with van der Waals surface area (Å²) < 4.78 is 0. The average molecular weight is 302 g/mol. The molecule has 2 aromatic carbocycles. The maximum atomic E-state index is 10.8. The first-order chi connectivity index (χ1) is 10.4. The van der Waals surface area contributed by atoms with Gasteiger partial charge in [-0.3, -0.25) is 9.59 Å². The Morgan fingerprint density at radius 1 is 0.727 bits per heavy atom. The van der Waals surface area contributed by atoms with Gasteiger partial charge >= 0.3 is 11.9 Å². The summed E-state index contributed by atoms with van der Waals surface area (Å²) >= 11 is 0. The lowest BCUT2D eigenvalue weighted by Gasteiger charge is -2.10. The zero-order valence-electron chi connectivity index (χ0n) is 11.5. The highest BCUT2D eigenvalue weighted by Gasteiger charge is 2.13. The van der Waals surface area contributed by atoms with E-state index in [4.69, 9.17) is 10.2 Å². The van der Waals surface area contributed by atoms with Gasteiger partial charge in [0.05, 0.1) is 12.8 Å². The molecule has 0 spiro atoms. The fraction of sp³-hybridized carbons (Fsp3) is 0.125. The predicted octanol–water partition coefficient (Wildman–Crippen LogP) is 2.02. The molecular formula is C16H14O6. The average Bonchev–Trinajstić information content (AvgIpc) is 2.42. The number of phenolic OH excluding ortho intramolecular Hbond substituents is 2. The van der Waals surface area contributed by atoms with Gasteiger partial charge in [-0.1, -0.05) is 12.1 Å². The molecule has 0 atom stereocenters. The minimum atomic E-state index is -1.01. The molecule has 0 aliphatic heterocycles. The molecule has 6 nitrogen and oxygen atoms in total. The summed E-state index contributed by atoms with van der Waals surface area (Å²) in [6.07, 6.45) is -0.439. The summed E-state index contributed by atoms with van der Waals surface area (Å²) in [5, 5.41) is 37.5. The topological polar surface area (TPSA) is 115 Å². The molecule has 4 N–H and O–H groups in total. The van der Waals surface area contributed by atoms with Crippen molar-refractivity contribution in [2.24, 2.45) is 0 Å². The van der Waals surface area contributed by atoms with E-state index in [0.717, 1.165) is 0 Å². The van der Waals surface area contributed by atoms with E-state index in [9.17, 15) is 19.8 Å². The number of hydrogen-bond acceptors (Lipinski definition) is 4. The maximum Gasteiger partial charge on any atom is 0.307 e. The van der Waals surface area contributed by atoms with Crippen LogP contribution in [0.3, 0.4) is 0 Å². The summed E-state index contributed by atoms with van der Waals surface area (Å²) in [4.78, 5) is 21.5. The SMILES string of the molecule is O=C(O)Cc1ccc(O)c(-c2cc(CC(=O)O)ccc2O)c1. The van der Waals surface area contributed by atoms with Crippen molar-refractivity contribution in [1.29, 1.82) is 0 Å². The Morgan fingerprint density at radius 2 is 1.09 bits per heavy atom. The minimum Gasteiger partial charge on any atom is -0.507 e. The Kier molecular flexibility index (Phi) is 4.31. The molecule has 0 aliphatic rings. The van der Waals surface area contributed by atoms with E-state index >= 15 is 0 Å². The summed E-state index contributed by atoms with van der Waals surface area (Å²) in [6.45, 7) is 0. The largest absolute Gasteiger partial charge is 0.507 e. The minimum absolute atomic E-state index is 0.128. The molecule has 0 amide bonds. The predicted molar refractivity (Wildman–Crippen MR) is 77.9 cm³/mol. The van der Waals surface area contributed by atoms with E-state index < -0.39 is 11.9 Å². The summed E-state index contributed by atoms with van der Waals surface area (Å²) in [5.41, 5.74) is 1.43. The first-order valence-corrected chi connectivity index (χ1v) is 6.44. The van der Waals surface area contributed by atoms with E-state index in [0.29, 0.717) is 11.1 Å². The van der Waals surface area contributed by atoms with Gasteiger partial charge in [-0.2, -0.15) is 0 Å². The van der Waals surface area contributed by atoms with Gasteiger partial charge in [-0.25, -0.2) is 0 Å². The fourth-order valence-corrected chi connectivity index (χ4v) is 2.17. The van der Waals surface area contributed by atoms with Crippen molar-refractivity contribution >= 4 is 11.9 Å². The highest BCUT2D eigenvalue weighted by molar-refractivity contribution is 5.79. The van der Waals surface area contributed by atoms with Crippen LogP contribution < -0.4 is 0 Å². The Balaban J connectivity index is 2.50. The van der Waals surface area contributed by atoms with Gasteiger partial charge in [0.15, 0.2) is 0 Å². The molecule has 6 heteroatoms. The molecule has 0 aliphatic carbocycles. The fourth-order valence-electron chi connectivity index (χ4n) is 2.17. The second-order valence-electron chi connectivity index (χ2n) is 4.84. The lowest BCUT2D eigenvalue weighted by atomic mass is 9.97. The highest BCUT2D eigenvalue weighted by atomic mass is 16.4. The third-order valence-electron chi connectivity index (χ3n) is 3.12. The van der Waals surface area contributed by atoms with Crippen molar-refractivity contribution in [3.8, 4) is 22.6 Å². The van der Waals surface area contributed by atoms with Crippen LogP contribution in [0.25, 0.3) is 11.1 Å². The van der Waals surface area contributed by atoms with Crippen molar-refractivity contribution in [3.63, 3.8) is 0 Å². The van der Waals surface area contributed by atoms with Crippen molar-refractivity contribution in [3.05, 3.63) is 47.5 Å². The third-order valence-corrected chi connectivity index (χ3v) is 3.12. The number of aromatic hydroxyl groups is 2. The first-order valence-electron chi connectivity index (χ1n) is 6.44. The molecule has 0 unspecified atom stereocenters. The molecule has 114 valence electrons. The molecule has 2 rings (SSSR count). The zero-order chi connectivity index (χ0) is 16.3. The van der Waals surface area contributed by atoms with Crippen LogP contribution in [-0.4, -0.2) is 32.4 Å². The summed E-state index contributed by atoms with van der Waals surface area (Å²) in [5.74, 6) is -2.28. The molecule has 0 heterocycles. The maximum absolute atomic E-state index is 10.8. The zero-order valence-corrected chi connectivity index (χ0v) is 11.5. The van der Waals surface area contributed by atoms with Gasteiger partial charge in [0.25, 0.3) is 0 Å². The molecular weight excluding hydrogens is 288 g/mol. The van der Waals surface area contributed by atoms with Crippen LogP contribution in [0, 0.1) is 0 Å². The molecule has 0 fully saturated rings. The molecule has 0 aromatic heterocycles. The Bertz CT molecular complexity index is 672.